The van der Waals surface area contributed by atoms with Crippen molar-refractivity contribution in [1.29, 1.82) is 0 Å². The molecule has 0 aliphatic rings. The summed E-state index contributed by atoms with van der Waals surface area (Å²) >= 11 is 0. The molecular weight excluding hydrogens is 271 g/mol. The number of carbonyl (C=O) groups excluding carboxylic acids is 1. The van der Waals surface area contributed by atoms with Crippen molar-refractivity contribution >= 4 is 5.91 Å². The van der Waals surface area contributed by atoms with Crippen LogP contribution in [0, 0.1) is 5.82 Å². The van der Waals surface area contributed by atoms with Crippen LogP contribution < -0.4 is 10.1 Å². The Hall–Kier alpha value is -1.62. The molecular formula is C16H25FN2O2. The van der Waals surface area contributed by atoms with Gasteiger partial charge in [0.2, 0.25) is 5.91 Å². The molecule has 21 heavy (non-hydrogen) atoms. The largest absolute Gasteiger partial charge is 0.493 e. The summed E-state index contributed by atoms with van der Waals surface area (Å²) in [6, 6.07) is 4.81. The molecule has 0 heterocycles. The minimum absolute atomic E-state index is 0.00974. The second-order valence-electron chi connectivity index (χ2n) is 5.25. The van der Waals surface area contributed by atoms with E-state index in [4.69, 9.17) is 4.74 Å². The van der Waals surface area contributed by atoms with Crippen LogP contribution in [0.5, 0.6) is 5.75 Å². The van der Waals surface area contributed by atoms with E-state index in [1.165, 1.54) is 11.0 Å². The van der Waals surface area contributed by atoms with Crippen LogP contribution in [-0.4, -0.2) is 38.1 Å². The van der Waals surface area contributed by atoms with E-state index in [1.807, 2.05) is 6.92 Å². The zero-order chi connectivity index (χ0) is 15.8. The number of amides is 1. The van der Waals surface area contributed by atoms with E-state index in [0.717, 1.165) is 13.0 Å². The Labute approximate surface area is 126 Å². The molecule has 4 nitrogen and oxygen atoms in total. The molecule has 0 saturated heterocycles. The Balaban J connectivity index is 2.55. The van der Waals surface area contributed by atoms with Crippen LogP contribution in [0.1, 0.15) is 38.3 Å². The summed E-state index contributed by atoms with van der Waals surface area (Å²) < 4.78 is 19.5. The molecule has 0 aromatic heterocycles. The highest BCUT2D eigenvalue weighted by atomic mass is 19.1. The molecule has 0 aliphatic carbocycles. The molecule has 0 saturated carbocycles. The smallest absolute Gasteiger partial charge is 0.225 e. The highest BCUT2D eigenvalue weighted by Gasteiger charge is 2.11. The van der Waals surface area contributed by atoms with Crippen molar-refractivity contribution in [1.82, 2.24) is 10.2 Å². The van der Waals surface area contributed by atoms with Crippen LogP contribution >= 0.6 is 0 Å². The van der Waals surface area contributed by atoms with E-state index in [1.54, 1.807) is 26.2 Å². The molecule has 0 fully saturated rings. The van der Waals surface area contributed by atoms with E-state index in [0.29, 0.717) is 11.3 Å². The van der Waals surface area contributed by atoms with Gasteiger partial charge in [-0.15, -0.1) is 0 Å². The van der Waals surface area contributed by atoms with E-state index in [-0.39, 0.29) is 30.8 Å². The molecule has 1 amide bonds. The van der Waals surface area contributed by atoms with Gasteiger partial charge in [-0.1, -0.05) is 13.0 Å². The first kappa shape index (κ1) is 17.4. The minimum atomic E-state index is -0.289. The lowest BCUT2D eigenvalue weighted by atomic mass is 10.1. The molecule has 1 aromatic carbocycles. The van der Waals surface area contributed by atoms with Gasteiger partial charge >= 0.3 is 0 Å². The van der Waals surface area contributed by atoms with Gasteiger partial charge < -0.3 is 15.0 Å². The third-order valence-corrected chi connectivity index (χ3v) is 3.22. The number of ether oxygens (including phenoxy) is 1. The Morgan fingerprint density at radius 1 is 1.43 bits per heavy atom. The summed E-state index contributed by atoms with van der Waals surface area (Å²) in [6.45, 7) is 5.11. The summed E-state index contributed by atoms with van der Waals surface area (Å²) in [5, 5.41) is 3.25. The van der Waals surface area contributed by atoms with Gasteiger partial charge in [-0.05, 0) is 26.0 Å². The number of hydrogen-bond acceptors (Lipinski definition) is 3. The highest BCUT2D eigenvalue weighted by Crippen LogP contribution is 2.22. The molecule has 1 unspecified atom stereocenters. The molecule has 118 valence electrons. The summed E-state index contributed by atoms with van der Waals surface area (Å²) in [5.41, 5.74) is 0.625. The SMILES string of the molecule is CCCNC(C)c1ccc(OCCC(=O)N(C)C)cc1F. The Bertz CT molecular complexity index is 464. The lowest BCUT2D eigenvalue weighted by Gasteiger charge is -2.15. The second kappa shape index (κ2) is 8.62. The summed E-state index contributed by atoms with van der Waals surface area (Å²) in [5.74, 6) is 0.150. The molecule has 1 aromatic rings. The zero-order valence-corrected chi connectivity index (χ0v) is 13.3. The van der Waals surface area contributed by atoms with E-state index in [2.05, 4.69) is 12.2 Å². The van der Waals surface area contributed by atoms with E-state index in [9.17, 15) is 9.18 Å². The third kappa shape index (κ3) is 5.71. The highest BCUT2D eigenvalue weighted by molar-refractivity contribution is 5.75. The molecule has 0 spiro atoms. The zero-order valence-electron chi connectivity index (χ0n) is 13.3. The van der Waals surface area contributed by atoms with Crippen LogP contribution in [0.15, 0.2) is 18.2 Å². The maximum atomic E-state index is 14.0. The Kier molecular flexibility index (Phi) is 7.15. The monoisotopic (exact) mass is 296 g/mol. The number of halogens is 1. The summed E-state index contributed by atoms with van der Waals surface area (Å²) in [6.07, 6.45) is 1.29. The Morgan fingerprint density at radius 3 is 2.71 bits per heavy atom. The lowest BCUT2D eigenvalue weighted by molar-refractivity contribution is -0.129. The van der Waals surface area contributed by atoms with Crippen LogP contribution in [-0.2, 0) is 4.79 Å². The standard InChI is InChI=1S/C16H25FN2O2/c1-5-9-18-12(2)14-7-6-13(11-15(14)17)21-10-8-16(20)19(3)4/h6-7,11-12,18H,5,8-10H2,1-4H3. The van der Waals surface area contributed by atoms with Gasteiger partial charge in [0.1, 0.15) is 11.6 Å². The van der Waals surface area contributed by atoms with Crippen molar-refractivity contribution in [3.8, 4) is 5.75 Å². The van der Waals surface area contributed by atoms with Crippen LogP contribution in [0.2, 0.25) is 0 Å². The van der Waals surface area contributed by atoms with Gasteiger partial charge in [0.25, 0.3) is 0 Å². The number of hydrogen-bond donors (Lipinski definition) is 1. The molecule has 5 heteroatoms. The van der Waals surface area contributed by atoms with Crippen LogP contribution in [0.4, 0.5) is 4.39 Å². The average Bonchev–Trinajstić information content (AvgIpc) is 2.44. The van der Waals surface area contributed by atoms with Crippen molar-refractivity contribution in [2.75, 3.05) is 27.2 Å². The number of nitrogens with one attached hydrogen (secondary N) is 1. The van der Waals surface area contributed by atoms with Gasteiger partial charge in [-0.2, -0.15) is 0 Å². The number of rotatable bonds is 8. The molecule has 0 radical (unpaired) electrons. The number of nitrogens with zero attached hydrogens (tertiary/aromatic N) is 1. The van der Waals surface area contributed by atoms with Gasteiger partial charge in [-0.3, -0.25) is 4.79 Å². The van der Waals surface area contributed by atoms with Gasteiger partial charge in [0, 0.05) is 31.8 Å². The normalized spacial score (nSPS) is 12.0. The fourth-order valence-corrected chi connectivity index (χ4v) is 1.90. The quantitative estimate of drug-likeness (QED) is 0.802. The molecule has 1 atom stereocenters. The van der Waals surface area contributed by atoms with Crippen molar-refractivity contribution < 1.29 is 13.9 Å². The molecule has 1 N–H and O–H groups in total. The average molecular weight is 296 g/mol. The van der Waals surface area contributed by atoms with Gasteiger partial charge in [0.15, 0.2) is 0 Å². The molecule has 0 aliphatic heterocycles. The summed E-state index contributed by atoms with van der Waals surface area (Å²) in [7, 11) is 3.39. The van der Waals surface area contributed by atoms with E-state index >= 15 is 0 Å². The first-order valence-corrected chi connectivity index (χ1v) is 7.31. The Morgan fingerprint density at radius 2 is 2.14 bits per heavy atom. The summed E-state index contributed by atoms with van der Waals surface area (Å²) in [4.78, 5) is 12.9. The lowest BCUT2D eigenvalue weighted by Crippen LogP contribution is -2.23. The third-order valence-electron chi connectivity index (χ3n) is 3.22. The molecule has 1 rings (SSSR count). The first-order valence-electron chi connectivity index (χ1n) is 7.31. The fourth-order valence-electron chi connectivity index (χ4n) is 1.90. The number of benzene rings is 1. The number of carbonyl (C=O) groups is 1. The predicted octanol–water partition coefficient (Wildman–Crippen LogP) is 2.74. The van der Waals surface area contributed by atoms with Crippen molar-refractivity contribution in [3.05, 3.63) is 29.6 Å². The predicted molar refractivity (Wildman–Crippen MR) is 81.9 cm³/mol. The minimum Gasteiger partial charge on any atom is -0.493 e. The van der Waals surface area contributed by atoms with E-state index < -0.39 is 0 Å². The maximum Gasteiger partial charge on any atom is 0.225 e. The van der Waals surface area contributed by atoms with Crippen LogP contribution in [0.3, 0.4) is 0 Å². The fraction of sp³-hybridized carbons (Fsp3) is 0.562. The second-order valence-corrected chi connectivity index (χ2v) is 5.25. The molecule has 0 bridgehead atoms. The first-order chi connectivity index (χ1) is 9.95. The van der Waals surface area contributed by atoms with Gasteiger partial charge in [0.05, 0.1) is 13.0 Å². The van der Waals surface area contributed by atoms with Crippen molar-refractivity contribution in [3.63, 3.8) is 0 Å². The van der Waals surface area contributed by atoms with Crippen molar-refractivity contribution in [2.45, 2.75) is 32.7 Å². The van der Waals surface area contributed by atoms with Crippen LogP contribution in [0.25, 0.3) is 0 Å². The van der Waals surface area contributed by atoms with Crippen molar-refractivity contribution in [2.24, 2.45) is 0 Å². The van der Waals surface area contributed by atoms with Gasteiger partial charge in [-0.25, -0.2) is 4.39 Å². The maximum absolute atomic E-state index is 14.0. The topological polar surface area (TPSA) is 41.6 Å².